The molecule has 0 radical (unpaired) electrons. The predicted molar refractivity (Wildman–Crippen MR) is 134 cm³/mol. The second-order valence-electron chi connectivity index (χ2n) is 9.53. The Hall–Kier alpha value is -3.13. The van der Waals surface area contributed by atoms with Gasteiger partial charge >= 0.3 is 12.1 Å². The minimum Gasteiger partial charge on any atom is -0.495 e. The van der Waals surface area contributed by atoms with Crippen molar-refractivity contribution in [3.05, 3.63) is 52.3 Å². The number of halogens is 1. The van der Waals surface area contributed by atoms with Crippen molar-refractivity contribution in [2.75, 3.05) is 19.5 Å². The number of carbonyl (C=O) groups excluding carboxylic acids is 3. The van der Waals surface area contributed by atoms with E-state index in [4.69, 9.17) is 25.8 Å². The van der Waals surface area contributed by atoms with E-state index in [1.165, 1.54) is 14.2 Å². The molecule has 0 aliphatic rings. The van der Waals surface area contributed by atoms with Gasteiger partial charge in [-0.1, -0.05) is 31.5 Å². The highest BCUT2D eigenvalue weighted by atomic mass is 35.5. The van der Waals surface area contributed by atoms with Crippen molar-refractivity contribution in [1.29, 1.82) is 0 Å². The van der Waals surface area contributed by atoms with E-state index in [-0.39, 0.29) is 28.8 Å². The van der Waals surface area contributed by atoms with Crippen LogP contribution in [0.3, 0.4) is 0 Å². The number of amides is 1. The molecule has 1 heterocycles. The topological polar surface area (TPSA) is 104 Å². The molecule has 1 aromatic heterocycles. The molecule has 1 amide bonds. The number of nitrogens with one attached hydrogen (secondary N) is 1. The van der Waals surface area contributed by atoms with Crippen LogP contribution < -0.4 is 10.1 Å². The molecular weight excluding hydrogens is 472 g/mol. The minimum atomic E-state index is -0.716. The number of ether oxygens (including phenoxy) is 3. The van der Waals surface area contributed by atoms with Gasteiger partial charge in [-0.05, 0) is 50.5 Å². The molecule has 0 aliphatic heterocycles. The Labute approximate surface area is 211 Å². The summed E-state index contributed by atoms with van der Waals surface area (Å²) in [5.74, 6) is -0.890. The first kappa shape index (κ1) is 28.1. The summed E-state index contributed by atoms with van der Waals surface area (Å²) in [4.78, 5) is 42.3. The first-order chi connectivity index (χ1) is 16.3. The number of methoxy groups -OCH3 is 2. The molecule has 35 heavy (non-hydrogen) atoms. The number of ketones is 1. The molecule has 0 aliphatic carbocycles. The van der Waals surface area contributed by atoms with Crippen LogP contribution in [0.2, 0.25) is 5.02 Å². The number of benzene rings is 1. The lowest BCUT2D eigenvalue weighted by Gasteiger charge is -2.24. The molecule has 2 rings (SSSR count). The summed E-state index contributed by atoms with van der Waals surface area (Å²) in [7, 11) is 2.74. The van der Waals surface area contributed by atoms with Gasteiger partial charge in [0.1, 0.15) is 22.8 Å². The Balaban J connectivity index is 2.58. The molecule has 8 nitrogen and oxygen atoms in total. The van der Waals surface area contributed by atoms with Crippen LogP contribution in [0.25, 0.3) is 0 Å². The number of pyridine rings is 1. The summed E-state index contributed by atoms with van der Waals surface area (Å²) in [6, 6.07) is 8.13. The van der Waals surface area contributed by atoms with Crippen LogP contribution in [0.5, 0.6) is 5.75 Å². The molecule has 9 heteroatoms. The lowest BCUT2D eigenvalue weighted by Crippen LogP contribution is -2.28. The van der Waals surface area contributed by atoms with Gasteiger partial charge in [0.2, 0.25) is 0 Å². The second kappa shape index (κ2) is 12.0. The molecule has 0 spiro atoms. The van der Waals surface area contributed by atoms with Gasteiger partial charge in [0.15, 0.2) is 0 Å². The smallest absolute Gasteiger partial charge is 0.412 e. The third-order valence-corrected chi connectivity index (χ3v) is 5.24. The molecule has 1 aromatic carbocycles. The molecule has 0 fully saturated rings. The molecule has 2 aromatic rings. The zero-order valence-electron chi connectivity index (χ0n) is 21.2. The van der Waals surface area contributed by atoms with E-state index < -0.39 is 23.6 Å². The second-order valence-corrected chi connectivity index (χ2v) is 9.93. The van der Waals surface area contributed by atoms with Gasteiger partial charge in [-0.25, -0.2) is 14.6 Å². The number of nitrogens with zero attached hydrogens (tertiary/aromatic N) is 1. The largest absolute Gasteiger partial charge is 0.495 e. The van der Waals surface area contributed by atoms with Crippen LogP contribution in [-0.2, 0) is 20.7 Å². The summed E-state index contributed by atoms with van der Waals surface area (Å²) in [6.45, 7) is 9.17. The lowest BCUT2D eigenvalue weighted by molar-refractivity contribution is -0.121. The Morgan fingerprint density at radius 3 is 2.37 bits per heavy atom. The molecule has 1 N–H and O–H groups in total. The highest BCUT2D eigenvalue weighted by molar-refractivity contribution is 6.32. The van der Waals surface area contributed by atoms with Crippen LogP contribution in [-0.4, -0.2) is 42.7 Å². The summed E-state index contributed by atoms with van der Waals surface area (Å²) < 4.78 is 15.5. The summed E-state index contributed by atoms with van der Waals surface area (Å²) in [5.41, 5.74) is 0.778. The fourth-order valence-corrected chi connectivity index (χ4v) is 3.75. The zero-order chi connectivity index (χ0) is 26.3. The molecule has 190 valence electrons. The predicted octanol–water partition coefficient (Wildman–Crippen LogP) is 5.82. The maximum Gasteiger partial charge on any atom is 0.412 e. The van der Waals surface area contributed by atoms with Crippen molar-refractivity contribution in [2.45, 2.75) is 59.0 Å². The normalized spacial score (nSPS) is 12.1. The summed E-state index contributed by atoms with van der Waals surface area (Å²) >= 11 is 6.43. The number of Topliss-reactive ketones (excluding diaryl/α,β-unsaturated/α-hetero) is 1. The number of esters is 1. The van der Waals surface area contributed by atoms with E-state index in [9.17, 15) is 14.4 Å². The lowest BCUT2D eigenvalue weighted by atomic mass is 9.85. The fraction of sp³-hybridized carbons (Fsp3) is 0.462. The van der Waals surface area contributed by atoms with Crippen molar-refractivity contribution in [3.8, 4) is 5.75 Å². The maximum absolute atomic E-state index is 13.4. The van der Waals surface area contributed by atoms with Crippen LogP contribution in [0.1, 0.15) is 68.7 Å². The number of rotatable bonds is 9. The van der Waals surface area contributed by atoms with Crippen molar-refractivity contribution >= 4 is 35.1 Å². The van der Waals surface area contributed by atoms with Crippen LogP contribution >= 0.6 is 11.6 Å². The number of carbonyl (C=O) groups is 3. The molecule has 0 saturated heterocycles. The highest BCUT2D eigenvalue weighted by Crippen LogP contribution is 2.38. The van der Waals surface area contributed by atoms with E-state index in [0.717, 1.165) is 0 Å². The standard InChI is InChI=1S/C26H33ClN2O6/c1-15(2)11-22(30)18(12-16-9-8-10-20(28-16)24(31)34-7)17-13-19(27)23(33-6)14-21(17)29-25(32)35-26(3,4)5/h8-10,13-15,18H,11-12H2,1-7H3,(H,29,32). The zero-order valence-corrected chi connectivity index (χ0v) is 22.0. The quantitative estimate of drug-likeness (QED) is 0.429. The van der Waals surface area contributed by atoms with E-state index in [1.807, 2.05) is 13.8 Å². The van der Waals surface area contributed by atoms with Crippen LogP contribution in [0, 0.1) is 5.92 Å². The van der Waals surface area contributed by atoms with E-state index in [2.05, 4.69) is 10.3 Å². The van der Waals surface area contributed by atoms with E-state index >= 15 is 0 Å². The Bertz CT molecular complexity index is 1080. The summed E-state index contributed by atoms with van der Waals surface area (Å²) in [5, 5.41) is 3.02. The van der Waals surface area contributed by atoms with E-state index in [0.29, 0.717) is 29.1 Å². The average Bonchev–Trinajstić information content (AvgIpc) is 2.76. The van der Waals surface area contributed by atoms with Crippen molar-refractivity contribution < 1.29 is 28.6 Å². The third kappa shape index (κ3) is 8.24. The van der Waals surface area contributed by atoms with Gasteiger partial charge in [0.25, 0.3) is 0 Å². The number of hydrogen-bond acceptors (Lipinski definition) is 7. The SMILES string of the molecule is COC(=O)c1cccc(CC(C(=O)CC(C)C)c2cc(Cl)c(OC)cc2NC(=O)OC(C)(C)C)n1. The first-order valence-corrected chi connectivity index (χ1v) is 11.7. The Morgan fingerprint density at radius 1 is 1.11 bits per heavy atom. The number of aromatic nitrogens is 1. The molecule has 0 saturated carbocycles. The fourth-order valence-electron chi connectivity index (χ4n) is 3.50. The van der Waals surface area contributed by atoms with E-state index in [1.54, 1.807) is 51.1 Å². The molecule has 1 unspecified atom stereocenters. The van der Waals surface area contributed by atoms with Gasteiger partial charge in [-0.3, -0.25) is 10.1 Å². The van der Waals surface area contributed by atoms with Gasteiger partial charge in [-0.15, -0.1) is 0 Å². The monoisotopic (exact) mass is 504 g/mol. The maximum atomic E-state index is 13.4. The van der Waals surface area contributed by atoms with Crippen molar-refractivity contribution in [1.82, 2.24) is 4.98 Å². The Morgan fingerprint density at radius 2 is 1.80 bits per heavy atom. The van der Waals surface area contributed by atoms with Crippen LogP contribution in [0.4, 0.5) is 10.5 Å². The molecule has 0 bridgehead atoms. The van der Waals surface area contributed by atoms with Gasteiger partial charge in [0.05, 0.1) is 30.8 Å². The van der Waals surface area contributed by atoms with Crippen LogP contribution in [0.15, 0.2) is 30.3 Å². The third-order valence-electron chi connectivity index (χ3n) is 4.95. The molecular formula is C26H33ClN2O6. The van der Waals surface area contributed by atoms with Gasteiger partial charge in [0, 0.05) is 24.6 Å². The first-order valence-electron chi connectivity index (χ1n) is 11.3. The number of hydrogen-bond donors (Lipinski definition) is 1. The van der Waals surface area contributed by atoms with Crippen molar-refractivity contribution in [2.24, 2.45) is 5.92 Å². The van der Waals surface area contributed by atoms with Gasteiger partial charge in [-0.2, -0.15) is 0 Å². The minimum absolute atomic E-state index is 0.0567. The van der Waals surface area contributed by atoms with Crippen molar-refractivity contribution in [3.63, 3.8) is 0 Å². The van der Waals surface area contributed by atoms with Gasteiger partial charge < -0.3 is 14.2 Å². The highest BCUT2D eigenvalue weighted by Gasteiger charge is 2.28. The average molecular weight is 505 g/mol. The Kier molecular flexibility index (Phi) is 9.65. The summed E-state index contributed by atoms with van der Waals surface area (Å²) in [6.07, 6.45) is -0.192. The molecule has 1 atom stereocenters. The number of anilines is 1.